The quantitative estimate of drug-likeness (QED) is 0.437. The summed E-state index contributed by atoms with van der Waals surface area (Å²) in [4.78, 5) is 22.2. The maximum Gasteiger partial charge on any atom is 0.153 e. The standard InChI is InChI=1S/C30H37N3O4S2/c31-20-30(11-12-30)19-26(34)24-3-1-2-4-25(24)27-28(38-29(32-27)22-9-15-37-16-10-22)21-5-7-23(8-6-21)33-13-17-39(35,36)18-14-33/h5-8,22,24-25H,1-4,9-19H2/t24-,25-/m1/s1. The highest BCUT2D eigenvalue weighted by atomic mass is 32.2. The van der Waals surface area contributed by atoms with Crippen molar-refractivity contribution in [2.24, 2.45) is 11.3 Å². The van der Waals surface area contributed by atoms with Gasteiger partial charge in [0.05, 0.1) is 38.6 Å². The minimum absolute atomic E-state index is 0.0671. The van der Waals surface area contributed by atoms with E-state index in [-0.39, 0.29) is 29.1 Å². The molecule has 7 nitrogen and oxygen atoms in total. The van der Waals surface area contributed by atoms with Crippen LogP contribution in [0.25, 0.3) is 10.4 Å². The van der Waals surface area contributed by atoms with Crippen LogP contribution in [0.2, 0.25) is 0 Å². The van der Waals surface area contributed by atoms with Crippen LogP contribution in [0.4, 0.5) is 5.69 Å². The van der Waals surface area contributed by atoms with Crippen LogP contribution in [-0.4, -0.2) is 57.0 Å². The topological polar surface area (TPSA) is 100 Å². The zero-order valence-electron chi connectivity index (χ0n) is 22.4. The Morgan fingerprint density at radius 1 is 1.08 bits per heavy atom. The predicted molar refractivity (Wildman–Crippen MR) is 153 cm³/mol. The van der Waals surface area contributed by atoms with Gasteiger partial charge in [-0.2, -0.15) is 5.26 Å². The number of Topliss-reactive ketones (excluding diaryl/α,β-unsaturated/α-hetero) is 1. The zero-order valence-corrected chi connectivity index (χ0v) is 24.1. The lowest BCUT2D eigenvalue weighted by atomic mass is 9.73. The SMILES string of the molecule is N#CC1(CC(=O)[C@@H]2CCCC[C@H]2c2nc(C3CCOCC3)sc2-c2ccc(N3CCS(=O)(=O)CC3)cc2)CC1. The number of sulfone groups is 1. The number of ether oxygens (including phenoxy) is 1. The van der Waals surface area contributed by atoms with E-state index in [1.807, 2.05) is 0 Å². The fourth-order valence-corrected chi connectivity index (χ4v) is 9.02. The number of nitriles is 1. The summed E-state index contributed by atoms with van der Waals surface area (Å²) in [6, 6.07) is 10.9. The lowest BCUT2D eigenvalue weighted by molar-refractivity contribution is -0.125. The van der Waals surface area contributed by atoms with Gasteiger partial charge in [-0.3, -0.25) is 4.79 Å². The third kappa shape index (κ3) is 5.79. The van der Waals surface area contributed by atoms with Gasteiger partial charge in [-0.05, 0) is 56.2 Å². The average molecular weight is 568 g/mol. The number of carbonyl (C=O) groups is 1. The number of ketones is 1. The van der Waals surface area contributed by atoms with Gasteiger partial charge in [0.25, 0.3) is 0 Å². The van der Waals surface area contributed by atoms with Crippen LogP contribution < -0.4 is 4.90 Å². The number of hydrogen-bond donors (Lipinski definition) is 0. The molecular formula is C30H37N3O4S2. The Morgan fingerprint density at radius 3 is 2.44 bits per heavy atom. The zero-order chi connectivity index (χ0) is 27.0. The van der Waals surface area contributed by atoms with E-state index in [0.29, 0.717) is 25.4 Å². The Morgan fingerprint density at radius 2 is 1.77 bits per heavy atom. The first kappa shape index (κ1) is 26.9. The van der Waals surface area contributed by atoms with E-state index in [1.165, 1.54) is 0 Å². The third-order valence-corrected chi connectivity index (χ3v) is 12.1. The van der Waals surface area contributed by atoms with Gasteiger partial charge in [-0.15, -0.1) is 11.3 Å². The van der Waals surface area contributed by atoms with E-state index in [1.54, 1.807) is 11.3 Å². The van der Waals surface area contributed by atoms with Crippen LogP contribution in [-0.2, 0) is 19.4 Å². The van der Waals surface area contributed by atoms with E-state index >= 15 is 0 Å². The molecule has 9 heteroatoms. The van der Waals surface area contributed by atoms with E-state index < -0.39 is 15.3 Å². The summed E-state index contributed by atoms with van der Waals surface area (Å²) < 4.78 is 29.4. The fourth-order valence-electron chi connectivity index (χ4n) is 6.51. The van der Waals surface area contributed by atoms with Crippen molar-refractivity contribution in [1.29, 1.82) is 5.26 Å². The molecule has 6 rings (SSSR count). The van der Waals surface area contributed by atoms with Crippen molar-refractivity contribution >= 4 is 32.6 Å². The number of rotatable bonds is 7. The number of nitrogens with zero attached hydrogens (tertiary/aromatic N) is 3. The summed E-state index contributed by atoms with van der Waals surface area (Å²) in [7, 11) is -2.93. The van der Waals surface area contributed by atoms with Gasteiger partial charge in [0.15, 0.2) is 9.84 Å². The molecule has 0 bridgehead atoms. The number of thiazole rings is 1. The first-order chi connectivity index (χ1) is 18.9. The number of benzene rings is 1. The Hall–Kier alpha value is -2.28. The summed E-state index contributed by atoms with van der Waals surface area (Å²) in [5.74, 6) is 1.06. The van der Waals surface area contributed by atoms with Gasteiger partial charge < -0.3 is 9.64 Å². The van der Waals surface area contributed by atoms with Crippen molar-refractivity contribution in [3.63, 3.8) is 0 Å². The number of hydrogen-bond acceptors (Lipinski definition) is 8. The maximum absolute atomic E-state index is 13.6. The third-order valence-electron chi connectivity index (χ3n) is 9.21. The molecule has 4 fully saturated rings. The van der Waals surface area contributed by atoms with Gasteiger partial charge in [0, 0.05) is 56.2 Å². The summed E-state index contributed by atoms with van der Waals surface area (Å²) in [6.07, 6.45) is 8.01. The predicted octanol–water partition coefficient (Wildman–Crippen LogP) is 5.48. The molecule has 2 aliphatic heterocycles. The molecule has 1 aromatic carbocycles. The highest BCUT2D eigenvalue weighted by Crippen LogP contribution is 2.51. The molecule has 2 aromatic rings. The Balaban J connectivity index is 1.31. The molecular weight excluding hydrogens is 530 g/mol. The van der Waals surface area contributed by atoms with E-state index in [0.717, 1.165) is 91.4 Å². The lowest BCUT2D eigenvalue weighted by Crippen LogP contribution is -2.40. The number of anilines is 1. The molecule has 39 heavy (non-hydrogen) atoms. The average Bonchev–Trinajstić information content (AvgIpc) is 3.60. The molecule has 0 spiro atoms. The molecule has 1 aromatic heterocycles. The molecule has 2 saturated carbocycles. The molecule has 2 aliphatic carbocycles. The monoisotopic (exact) mass is 567 g/mol. The Kier molecular flexibility index (Phi) is 7.55. The first-order valence-corrected chi connectivity index (χ1v) is 17.1. The van der Waals surface area contributed by atoms with E-state index in [2.05, 4.69) is 35.2 Å². The normalized spacial score (nSPS) is 26.6. The molecule has 3 heterocycles. The van der Waals surface area contributed by atoms with Crippen LogP contribution in [0.5, 0.6) is 0 Å². The van der Waals surface area contributed by atoms with Gasteiger partial charge in [-0.25, -0.2) is 13.4 Å². The van der Waals surface area contributed by atoms with Gasteiger partial charge >= 0.3 is 0 Å². The van der Waals surface area contributed by atoms with Crippen LogP contribution in [0.1, 0.15) is 80.3 Å². The maximum atomic E-state index is 13.6. The molecule has 0 amide bonds. The van der Waals surface area contributed by atoms with Crippen molar-refractivity contribution < 1.29 is 17.9 Å². The van der Waals surface area contributed by atoms with Crippen LogP contribution in [0.15, 0.2) is 24.3 Å². The van der Waals surface area contributed by atoms with Crippen molar-refractivity contribution in [1.82, 2.24) is 4.98 Å². The summed E-state index contributed by atoms with van der Waals surface area (Å²) in [6.45, 7) is 2.57. The van der Waals surface area contributed by atoms with Crippen LogP contribution in [0, 0.1) is 22.7 Å². The van der Waals surface area contributed by atoms with E-state index in [9.17, 15) is 18.5 Å². The lowest BCUT2D eigenvalue weighted by Gasteiger charge is -2.31. The minimum Gasteiger partial charge on any atom is -0.381 e. The van der Waals surface area contributed by atoms with Crippen LogP contribution in [0.3, 0.4) is 0 Å². The minimum atomic E-state index is -2.93. The fraction of sp³-hybridized carbons (Fsp3) is 0.633. The van der Waals surface area contributed by atoms with Gasteiger partial charge in [0.2, 0.25) is 0 Å². The summed E-state index contributed by atoms with van der Waals surface area (Å²) in [5, 5.41) is 10.8. The second-order valence-corrected chi connectivity index (χ2v) is 15.2. The largest absolute Gasteiger partial charge is 0.381 e. The highest BCUT2D eigenvalue weighted by Gasteiger charge is 2.47. The highest BCUT2D eigenvalue weighted by molar-refractivity contribution is 7.91. The number of aromatic nitrogens is 1. The summed E-state index contributed by atoms with van der Waals surface area (Å²) >= 11 is 1.77. The molecule has 4 aliphatic rings. The second-order valence-electron chi connectivity index (χ2n) is 11.9. The molecule has 2 saturated heterocycles. The number of carbonyl (C=O) groups excluding carboxylic acids is 1. The van der Waals surface area contributed by atoms with Crippen molar-refractivity contribution in [3.05, 3.63) is 35.0 Å². The van der Waals surface area contributed by atoms with Crippen LogP contribution >= 0.6 is 11.3 Å². The Labute approximate surface area is 235 Å². The molecule has 0 N–H and O–H groups in total. The van der Waals surface area contributed by atoms with Gasteiger partial charge in [-0.1, -0.05) is 25.0 Å². The van der Waals surface area contributed by atoms with Gasteiger partial charge in [0.1, 0.15) is 5.78 Å². The Bertz CT molecular complexity index is 1340. The molecule has 2 atom stereocenters. The van der Waals surface area contributed by atoms with Crippen molar-refractivity contribution in [2.75, 3.05) is 42.7 Å². The molecule has 0 unspecified atom stereocenters. The van der Waals surface area contributed by atoms with Crippen molar-refractivity contribution in [3.8, 4) is 16.5 Å². The summed E-state index contributed by atoms with van der Waals surface area (Å²) in [5.41, 5.74) is 2.81. The van der Waals surface area contributed by atoms with Crippen molar-refractivity contribution in [2.45, 2.75) is 69.6 Å². The molecule has 208 valence electrons. The smallest absolute Gasteiger partial charge is 0.153 e. The first-order valence-electron chi connectivity index (χ1n) is 14.4. The second kappa shape index (κ2) is 10.9. The van der Waals surface area contributed by atoms with E-state index in [4.69, 9.17) is 9.72 Å². The molecule has 0 radical (unpaired) electrons.